The van der Waals surface area contributed by atoms with E-state index in [1.807, 2.05) is 13.8 Å². The summed E-state index contributed by atoms with van der Waals surface area (Å²) in [6, 6.07) is 4.21. The molecule has 108 valence electrons. The zero-order valence-electron chi connectivity index (χ0n) is 11.9. The van der Waals surface area contributed by atoms with Gasteiger partial charge in [-0.1, -0.05) is 17.7 Å². The summed E-state index contributed by atoms with van der Waals surface area (Å²) in [5, 5.41) is 19.3. The van der Waals surface area contributed by atoms with Crippen LogP contribution in [0.4, 0.5) is 5.69 Å². The van der Waals surface area contributed by atoms with Gasteiger partial charge < -0.3 is 10.4 Å². The van der Waals surface area contributed by atoms with Crippen LogP contribution in [0, 0.1) is 20.8 Å². The van der Waals surface area contributed by atoms with Gasteiger partial charge in [-0.15, -0.1) is 0 Å². The van der Waals surface area contributed by atoms with Crippen molar-refractivity contribution in [3.8, 4) is 0 Å². The Bertz CT molecular complexity index is 622. The van der Waals surface area contributed by atoms with E-state index in [0.717, 1.165) is 16.8 Å². The van der Waals surface area contributed by atoms with Crippen LogP contribution in [0.5, 0.6) is 0 Å². The molecule has 0 bridgehead atoms. The van der Waals surface area contributed by atoms with Crippen LogP contribution in [0.25, 0.3) is 0 Å². The maximum Gasteiger partial charge on any atom is 0.340 e. The van der Waals surface area contributed by atoms with Gasteiger partial charge in [0.05, 0.1) is 6.10 Å². The zero-order chi connectivity index (χ0) is 14.7. The van der Waals surface area contributed by atoms with Crippen LogP contribution < -0.4 is 11.0 Å². The van der Waals surface area contributed by atoms with Gasteiger partial charge in [-0.3, -0.25) is 4.98 Å². The lowest BCUT2D eigenvalue weighted by atomic mass is 10.0. The number of aliphatic hydroxyl groups excluding tert-OH is 1. The van der Waals surface area contributed by atoms with Crippen LogP contribution in [0.3, 0.4) is 0 Å². The van der Waals surface area contributed by atoms with Gasteiger partial charge in [0.1, 0.15) is 5.82 Å². The summed E-state index contributed by atoms with van der Waals surface area (Å²) in [6.07, 6.45) is -0.315. The number of nitrogens with one attached hydrogen (secondary N) is 3. The van der Waals surface area contributed by atoms with Crippen LogP contribution in [0.1, 0.15) is 22.5 Å². The average Bonchev–Trinajstić information content (AvgIpc) is 2.73. The lowest BCUT2D eigenvalue weighted by Gasteiger charge is -2.16. The molecular formula is C14H20N4O2. The van der Waals surface area contributed by atoms with Crippen LogP contribution in [0.15, 0.2) is 16.9 Å². The summed E-state index contributed by atoms with van der Waals surface area (Å²) in [4.78, 5) is 13.4. The minimum absolute atomic E-state index is 0.301. The highest BCUT2D eigenvalue weighted by atomic mass is 16.3. The van der Waals surface area contributed by atoms with Crippen molar-refractivity contribution in [3.05, 3.63) is 45.1 Å². The number of anilines is 1. The molecule has 2 rings (SSSR count). The van der Waals surface area contributed by atoms with Crippen LogP contribution >= 0.6 is 0 Å². The van der Waals surface area contributed by atoms with Gasteiger partial charge in [-0.25, -0.2) is 9.89 Å². The second-order valence-electron chi connectivity index (χ2n) is 5.14. The van der Waals surface area contributed by atoms with E-state index in [1.165, 1.54) is 5.56 Å². The van der Waals surface area contributed by atoms with E-state index in [9.17, 15) is 9.90 Å². The summed E-state index contributed by atoms with van der Waals surface area (Å²) < 4.78 is 0. The number of H-pyrrole nitrogens is 2. The van der Waals surface area contributed by atoms with E-state index in [2.05, 4.69) is 39.6 Å². The molecule has 0 radical (unpaired) electrons. The second kappa shape index (κ2) is 5.92. The molecule has 0 amide bonds. The van der Waals surface area contributed by atoms with Crippen LogP contribution in [-0.2, 0) is 6.42 Å². The van der Waals surface area contributed by atoms with Gasteiger partial charge in [0, 0.05) is 18.7 Å². The highest BCUT2D eigenvalue weighted by molar-refractivity contribution is 5.58. The fourth-order valence-electron chi connectivity index (χ4n) is 2.38. The van der Waals surface area contributed by atoms with E-state index in [-0.39, 0.29) is 5.69 Å². The first-order valence-electron chi connectivity index (χ1n) is 6.59. The third-order valence-electron chi connectivity index (χ3n) is 3.17. The van der Waals surface area contributed by atoms with E-state index >= 15 is 0 Å². The van der Waals surface area contributed by atoms with E-state index in [0.29, 0.717) is 18.8 Å². The van der Waals surface area contributed by atoms with Gasteiger partial charge in [-0.2, -0.15) is 5.10 Å². The Hall–Kier alpha value is -2.08. The molecule has 6 nitrogen and oxygen atoms in total. The van der Waals surface area contributed by atoms with Crippen molar-refractivity contribution in [1.29, 1.82) is 0 Å². The summed E-state index contributed by atoms with van der Waals surface area (Å²) in [6.45, 7) is 6.55. The number of aromatic amines is 2. The molecule has 1 aromatic carbocycles. The predicted molar refractivity (Wildman–Crippen MR) is 78.1 cm³/mol. The number of rotatable bonds is 5. The van der Waals surface area contributed by atoms with Crippen molar-refractivity contribution >= 4 is 5.69 Å². The first-order chi connectivity index (χ1) is 9.45. The fourth-order valence-corrected chi connectivity index (χ4v) is 2.38. The first-order valence-corrected chi connectivity index (χ1v) is 6.59. The lowest BCUT2D eigenvalue weighted by molar-refractivity contribution is 0.185. The van der Waals surface area contributed by atoms with Gasteiger partial charge in [0.2, 0.25) is 0 Å². The lowest BCUT2D eigenvalue weighted by Crippen LogP contribution is -2.23. The predicted octanol–water partition coefficient (Wildman–Crippen LogP) is 1.04. The van der Waals surface area contributed by atoms with E-state index < -0.39 is 6.10 Å². The molecule has 0 fully saturated rings. The second-order valence-corrected chi connectivity index (χ2v) is 5.14. The van der Waals surface area contributed by atoms with E-state index in [1.54, 1.807) is 0 Å². The largest absolute Gasteiger partial charge is 0.391 e. The minimum atomic E-state index is -0.617. The molecule has 0 aliphatic carbocycles. The maximum absolute atomic E-state index is 10.9. The smallest absolute Gasteiger partial charge is 0.340 e. The van der Waals surface area contributed by atoms with Crippen molar-refractivity contribution in [2.24, 2.45) is 0 Å². The monoisotopic (exact) mass is 276 g/mol. The standard InChI is InChI=1S/C14H20N4O2/c1-8-4-9(2)13(10(3)5-8)15-7-11(19)6-12-16-14(20)18-17-12/h4-5,11,15,19H,6-7H2,1-3H3,(H2,16,17,18,20). The molecule has 0 aliphatic rings. The van der Waals surface area contributed by atoms with Crippen molar-refractivity contribution in [2.45, 2.75) is 33.3 Å². The topological polar surface area (TPSA) is 93.8 Å². The Morgan fingerprint density at radius 1 is 1.30 bits per heavy atom. The SMILES string of the molecule is Cc1cc(C)c(NCC(O)Cc2n[nH]c(=O)[nH]2)c(C)c1. The third kappa shape index (κ3) is 3.48. The molecule has 0 aliphatic heterocycles. The number of benzene rings is 1. The van der Waals surface area contributed by atoms with Gasteiger partial charge in [0.15, 0.2) is 0 Å². The Labute approximate surface area is 117 Å². The number of hydrogen-bond acceptors (Lipinski definition) is 4. The Balaban J connectivity index is 1.96. The van der Waals surface area contributed by atoms with Gasteiger partial charge in [-0.05, 0) is 31.9 Å². The zero-order valence-corrected chi connectivity index (χ0v) is 11.9. The Morgan fingerprint density at radius 3 is 2.50 bits per heavy atom. The molecule has 0 saturated heterocycles. The molecule has 4 N–H and O–H groups in total. The van der Waals surface area contributed by atoms with Gasteiger partial charge in [0.25, 0.3) is 0 Å². The van der Waals surface area contributed by atoms with Gasteiger partial charge >= 0.3 is 5.69 Å². The highest BCUT2D eigenvalue weighted by Gasteiger charge is 2.10. The first kappa shape index (κ1) is 14.3. The molecule has 1 atom stereocenters. The molecule has 1 unspecified atom stereocenters. The van der Waals surface area contributed by atoms with Crippen LogP contribution in [0.2, 0.25) is 0 Å². The quantitative estimate of drug-likeness (QED) is 0.656. The summed E-state index contributed by atoms with van der Waals surface area (Å²) >= 11 is 0. The number of aliphatic hydroxyl groups is 1. The molecular weight excluding hydrogens is 256 g/mol. The third-order valence-corrected chi connectivity index (χ3v) is 3.17. The van der Waals surface area contributed by atoms with E-state index in [4.69, 9.17) is 0 Å². The maximum atomic E-state index is 10.9. The molecule has 20 heavy (non-hydrogen) atoms. The summed E-state index contributed by atoms with van der Waals surface area (Å²) in [5.74, 6) is 0.460. The number of hydrogen-bond donors (Lipinski definition) is 4. The Morgan fingerprint density at radius 2 is 1.95 bits per heavy atom. The fraction of sp³-hybridized carbons (Fsp3) is 0.429. The van der Waals surface area contributed by atoms with Crippen molar-refractivity contribution < 1.29 is 5.11 Å². The number of aromatic nitrogens is 3. The normalized spacial score (nSPS) is 12.4. The molecule has 1 heterocycles. The molecule has 0 saturated carbocycles. The molecule has 1 aromatic heterocycles. The summed E-state index contributed by atoms with van der Waals surface area (Å²) in [5.41, 5.74) is 4.22. The van der Waals surface area contributed by atoms with Crippen molar-refractivity contribution in [1.82, 2.24) is 15.2 Å². The number of aryl methyl sites for hydroxylation is 3. The van der Waals surface area contributed by atoms with Crippen LogP contribution in [-0.4, -0.2) is 32.9 Å². The Kier molecular flexibility index (Phi) is 4.24. The average molecular weight is 276 g/mol. The molecule has 6 heteroatoms. The van der Waals surface area contributed by atoms with Crippen molar-refractivity contribution in [2.75, 3.05) is 11.9 Å². The highest BCUT2D eigenvalue weighted by Crippen LogP contribution is 2.21. The molecule has 0 spiro atoms. The van der Waals surface area contributed by atoms with Crippen molar-refractivity contribution in [3.63, 3.8) is 0 Å². The molecule has 2 aromatic rings. The number of nitrogens with zero attached hydrogens (tertiary/aromatic N) is 1. The minimum Gasteiger partial charge on any atom is -0.391 e. The summed E-state index contributed by atoms with van der Waals surface area (Å²) in [7, 11) is 0.